The van der Waals surface area contributed by atoms with Crippen molar-refractivity contribution in [2.75, 3.05) is 24.1 Å². The third kappa shape index (κ3) is 4.66. The fourth-order valence-corrected chi connectivity index (χ4v) is 3.92. The second-order valence-electron chi connectivity index (χ2n) is 7.89. The smallest absolute Gasteiger partial charge is 0.232 e. The molecule has 3 aromatic rings. The first kappa shape index (κ1) is 20.0. The van der Waals surface area contributed by atoms with Gasteiger partial charge in [0.05, 0.1) is 6.04 Å². The standard InChI is InChI=1S/C24H28N6/c1-16-13-17(2)15-20(14-16)19-9-11-30(12-10-19)18(3)22-27-23(25)29-24(28-22)26-21-7-5-4-6-8-21/h4-9,13-15,18H,10-12H2,1-3H3,(H3,25,26,27,28,29). The van der Waals surface area contributed by atoms with Crippen LogP contribution in [-0.2, 0) is 0 Å². The summed E-state index contributed by atoms with van der Waals surface area (Å²) in [6.45, 7) is 8.24. The second-order valence-corrected chi connectivity index (χ2v) is 7.89. The van der Waals surface area contributed by atoms with Crippen LogP contribution < -0.4 is 11.1 Å². The molecule has 6 nitrogen and oxygen atoms in total. The van der Waals surface area contributed by atoms with Crippen molar-refractivity contribution in [2.45, 2.75) is 33.2 Å². The van der Waals surface area contributed by atoms with Crippen molar-refractivity contribution in [2.24, 2.45) is 0 Å². The number of para-hydroxylation sites is 1. The minimum absolute atomic E-state index is 0.0451. The van der Waals surface area contributed by atoms with Crippen LogP contribution in [0.5, 0.6) is 0 Å². The zero-order valence-electron chi connectivity index (χ0n) is 17.8. The number of hydrogen-bond acceptors (Lipinski definition) is 6. The summed E-state index contributed by atoms with van der Waals surface area (Å²) in [4.78, 5) is 15.6. The number of aromatic nitrogens is 3. The Balaban J connectivity index is 1.50. The van der Waals surface area contributed by atoms with E-state index in [4.69, 9.17) is 5.73 Å². The van der Waals surface area contributed by atoms with E-state index in [-0.39, 0.29) is 12.0 Å². The molecule has 1 unspecified atom stereocenters. The molecule has 2 heterocycles. The zero-order valence-corrected chi connectivity index (χ0v) is 17.8. The molecule has 30 heavy (non-hydrogen) atoms. The SMILES string of the molecule is Cc1cc(C)cc(C2=CCN(C(C)c3nc(N)nc(Nc4ccccc4)n3)CC2)c1. The van der Waals surface area contributed by atoms with Gasteiger partial charge in [0.15, 0.2) is 5.82 Å². The zero-order chi connectivity index (χ0) is 21.1. The van der Waals surface area contributed by atoms with Crippen LogP contribution in [-0.4, -0.2) is 32.9 Å². The lowest BCUT2D eigenvalue weighted by Gasteiger charge is -2.31. The molecule has 0 aliphatic carbocycles. The number of anilines is 3. The average molecular weight is 401 g/mol. The highest BCUT2D eigenvalue weighted by atomic mass is 15.2. The van der Waals surface area contributed by atoms with E-state index in [0.717, 1.165) is 25.2 Å². The van der Waals surface area contributed by atoms with Crippen molar-refractivity contribution in [1.82, 2.24) is 19.9 Å². The van der Waals surface area contributed by atoms with Crippen LogP contribution in [0.1, 0.15) is 41.9 Å². The number of rotatable bonds is 5. The highest BCUT2D eigenvalue weighted by Gasteiger charge is 2.22. The molecule has 2 aromatic carbocycles. The van der Waals surface area contributed by atoms with Crippen molar-refractivity contribution < 1.29 is 0 Å². The van der Waals surface area contributed by atoms with E-state index >= 15 is 0 Å². The van der Waals surface area contributed by atoms with Crippen LogP contribution in [0.15, 0.2) is 54.6 Å². The molecule has 0 spiro atoms. The molecule has 1 aliphatic heterocycles. The first-order valence-corrected chi connectivity index (χ1v) is 10.3. The number of benzene rings is 2. The van der Waals surface area contributed by atoms with Crippen molar-refractivity contribution >= 4 is 23.2 Å². The Morgan fingerprint density at radius 1 is 1.00 bits per heavy atom. The van der Waals surface area contributed by atoms with E-state index in [1.807, 2.05) is 30.3 Å². The van der Waals surface area contributed by atoms with Crippen LogP contribution in [0.25, 0.3) is 5.57 Å². The Kier molecular flexibility index (Phi) is 5.77. The van der Waals surface area contributed by atoms with Crippen LogP contribution in [0.4, 0.5) is 17.6 Å². The predicted molar refractivity (Wildman–Crippen MR) is 122 cm³/mol. The summed E-state index contributed by atoms with van der Waals surface area (Å²) in [7, 11) is 0. The largest absolute Gasteiger partial charge is 0.368 e. The van der Waals surface area contributed by atoms with Gasteiger partial charge in [0.2, 0.25) is 11.9 Å². The number of nitrogens with one attached hydrogen (secondary N) is 1. The highest BCUT2D eigenvalue weighted by molar-refractivity contribution is 5.67. The van der Waals surface area contributed by atoms with Gasteiger partial charge in [-0.1, -0.05) is 53.6 Å². The van der Waals surface area contributed by atoms with Crippen LogP contribution in [0.2, 0.25) is 0 Å². The van der Waals surface area contributed by atoms with Crippen molar-refractivity contribution in [1.29, 1.82) is 0 Å². The monoisotopic (exact) mass is 400 g/mol. The molecule has 0 fully saturated rings. The maximum absolute atomic E-state index is 5.97. The van der Waals surface area contributed by atoms with Gasteiger partial charge in [0.1, 0.15) is 0 Å². The Morgan fingerprint density at radius 3 is 2.40 bits per heavy atom. The molecule has 4 rings (SSSR count). The molecule has 1 atom stereocenters. The minimum Gasteiger partial charge on any atom is -0.368 e. The average Bonchev–Trinajstić information content (AvgIpc) is 2.73. The summed E-state index contributed by atoms with van der Waals surface area (Å²) in [6.07, 6.45) is 3.32. The number of nitrogen functional groups attached to an aromatic ring is 1. The van der Waals surface area contributed by atoms with E-state index in [2.05, 4.69) is 70.2 Å². The molecular formula is C24H28N6. The number of nitrogens with zero attached hydrogens (tertiary/aromatic N) is 4. The molecule has 0 radical (unpaired) electrons. The van der Waals surface area contributed by atoms with Crippen LogP contribution in [0, 0.1) is 13.8 Å². The maximum Gasteiger partial charge on any atom is 0.232 e. The Hall–Kier alpha value is -3.25. The summed E-state index contributed by atoms with van der Waals surface area (Å²) in [6, 6.07) is 16.6. The van der Waals surface area contributed by atoms with Crippen molar-refractivity contribution in [3.63, 3.8) is 0 Å². The molecule has 3 N–H and O–H groups in total. The van der Waals surface area contributed by atoms with Gasteiger partial charge in [-0.05, 0) is 50.5 Å². The van der Waals surface area contributed by atoms with E-state index in [1.165, 1.54) is 22.3 Å². The van der Waals surface area contributed by atoms with Crippen molar-refractivity contribution in [3.05, 3.63) is 77.1 Å². The van der Waals surface area contributed by atoms with Gasteiger partial charge < -0.3 is 11.1 Å². The van der Waals surface area contributed by atoms with Gasteiger partial charge in [0.25, 0.3) is 0 Å². The third-order valence-corrected chi connectivity index (χ3v) is 5.45. The summed E-state index contributed by atoms with van der Waals surface area (Å²) in [5.41, 5.74) is 12.2. The summed E-state index contributed by atoms with van der Waals surface area (Å²) < 4.78 is 0. The first-order valence-electron chi connectivity index (χ1n) is 10.3. The van der Waals surface area contributed by atoms with Crippen LogP contribution >= 0.6 is 0 Å². The lowest BCUT2D eigenvalue weighted by atomic mass is 9.95. The molecule has 0 saturated carbocycles. The van der Waals surface area contributed by atoms with Gasteiger partial charge >= 0.3 is 0 Å². The Bertz CT molecular complexity index is 1040. The fraction of sp³-hybridized carbons (Fsp3) is 0.292. The van der Waals surface area contributed by atoms with Gasteiger partial charge in [0, 0.05) is 18.8 Å². The highest BCUT2D eigenvalue weighted by Crippen LogP contribution is 2.28. The number of aryl methyl sites for hydroxylation is 2. The molecule has 0 saturated heterocycles. The molecular weight excluding hydrogens is 372 g/mol. The molecule has 6 heteroatoms. The molecule has 0 bridgehead atoms. The number of hydrogen-bond donors (Lipinski definition) is 2. The van der Waals surface area contributed by atoms with E-state index in [9.17, 15) is 0 Å². The first-order chi connectivity index (χ1) is 14.5. The molecule has 1 aromatic heterocycles. The normalized spacial score (nSPS) is 15.5. The second kappa shape index (κ2) is 8.63. The molecule has 154 valence electrons. The summed E-state index contributed by atoms with van der Waals surface area (Å²) in [5, 5.41) is 3.21. The molecule has 1 aliphatic rings. The maximum atomic E-state index is 5.97. The van der Waals surface area contributed by atoms with Gasteiger partial charge in [-0.25, -0.2) is 0 Å². The van der Waals surface area contributed by atoms with Gasteiger partial charge in [-0.2, -0.15) is 15.0 Å². The Labute approximate surface area is 177 Å². The molecule has 0 amide bonds. The lowest BCUT2D eigenvalue weighted by molar-refractivity contribution is 0.225. The fourth-order valence-electron chi connectivity index (χ4n) is 3.92. The van der Waals surface area contributed by atoms with Gasteiger partial charge in [-0.15, -0.1) is 0 Å². The van der Waals surface area contributed by atoms with E-state index in [0.29, 0.717) is 11.8 Å². The number of nitrogens with two attached hydrogens (primary N) is 1. The third-order valence-electron chi connectivity index (χ3n) is 5.45. The van der Waals surface area contributed by atoms with E-state index in [1.54, 1.807) is 0 Å². The Morgan fingerprint density at radius 2 is 1.73 bits per heavy atom. The van der Waals surface area contributed by atoms with Crippen LogP contribution in [0.3, 0.4) is 0 Å². The lowest BCUT2D eigenvalue weighted by Crippen LogP contribution is -2.32. The van der Waals surface area contributed by atoms with Crippen molar-refractivity contribution in [3.8, 4) is 0 Å². The minimum atomic E-state index is 0.0451. The van der Waals surface area contributed by atoms with E-state index < -0.39 is 0 Å². The topological polar surface area (TPSA) is 80.0 Å². The summed E-state index contributed by atoms with van der Waals surface area (Å²) >= 11 is 0. The summed E-state index contributed by atoms with van der Waals surface area (Å²) in [5.74, 6) is 1.39. The quantitative estimate of drug-likeness (QED) is 0.648. The van der Waals surface area contributed by atoms with Gasteiger partial charge in [-0.3, -0.25) is 4.90 Å². The predicted octanol–water partition coefficient (Wildman–Crippen LogP) is 4.66.